The zero-order chi connectivity index (χ0) is 26.1. The number of carboxylic acid groups (broad SMARTS) is 1. The molecule has 0 amide bonds. The maximum absolute atomic E-state index is 13.1. The van der Waals surface area contributed by atoms with Gasteiger partial charge in [-0.1, -0.05) is 0 Å². The number of aryl methyl sites for hydroxylation is 2. The van der Waals surface area contributed by atoms with E-state index in [1.165, 1.54) is 40.1 Å². The second-order valence-corrected chi connectivity index (χ2v) is 7.58. The average Bonchev–Trinajstić information content (AvgIpc) is 3.45. The summed E-state index contributed by atoms with van der Waals surface area (Å²) in [6.45, 7) is 3.39. The third kappa shape index (κ3) is 4.37. The van der Waals surface area contributed by atoms with Crippen LogP contribution in [0.5, 0.6) is 5.75 Å². The molecule has 182 valence electrons. The zero-order valence-corrected chi connectivity index (χ0v) is 18.7. The van der Waals surface area contributed by atoms with Crippen LogP contribution in [0.1, 0.15) is 32.1 Å². The molecule has 2 aromatic heterocycles. The predicted molar refractivity (Wildman–Crippen MR) is 122 cm³/mol. The molecular weight excluding hydrogens is 476 g/mol. The van der Waals surface area contributed by atoms with Crippen LogP contribution >= 0.6 is 0 Å². The summed E-state index contributed by atoms with van der Waals surface area (Å²) in [6, 6.07) is 5.78. The number of carbonyl (C=O) groups excluding carboxylic acids is 1. The van der Waals surface area contributed by atoms with Gasteiger partial charge in [-0.3, -0.25) is 20.2 Å². The Labute approximate surface area is 201 Å². The van der Waals surface area contributed by atoms with Crippen LogP contribution in [0.4, 0.5) is 11.4 Å². The molecule has 0 fully saturated rings. The Kier molecular flexibility index (Phi) is 6.00. The number of nitrogens with zero attached hydrogens (tertiary/aromatic N) is 6. The quantitative estimate of drug-likeness (QED) is 0.173. The van der Waals surface area contributed by atoms with Gasteiger partial charge >= 0.3 is 17.6 Å². The van der Waals surface area contributed by atoms with Crippen LogP contribution in [0.3, 0.4) is 0 Å². The van der Waals surface area contributed by atoms with E-state index < -0.39 is 50.0 Å². The number of hydrogen-bond acceptors (Lipinski definition) is 9. The molecule has 0 bridgehead atoms. The van der Waals surface area contributed by atoms with Crippen molar-refractivity contribution < 1.29 is 29.3 Å². The van der Waals surface area contributed by atoms with Gasteiger partial charge in [0.2, 0.25) is 5.75 Å². The molecule has 2 aromatic carbocycles. The van der Waals surface area contributed by atoms with Crippen molar-refractivity contribution in [1.29, 1.82) is 0 Å². The van der Waals surface area contributed by atoms with E-state index in [4.69, 9.17) is 4.74 Å². The molecule has 4 aromatic rings. The Bertz CT molecular complexity index is 1550. The van der Waals surface area contributed by atoms with E-state index in [-0.39, 0.29) is 5.69 Å². The lowest BCUT2D eigenvalue weighted by Gasteiger charge is -2.12. The summed E-state index contributed by atoms with van der Waals surface area (Å²) in [5.41, 5.74) is -1.16. The third-order valence-corrected chi connectivity index (χ3v) is 5.18. The second-order valence-electron chi connectivity index (χ2n) is 7.58. The van der Waals surface area contributed by atoms with Crippen molar-refractivity contribution in [2.75, 3.05) is 0 Å². The van der Waals surface area contributed by atoms with E-state index >= 15 is 0 Å². The molecule has 0 aliphatic rings. The van der Waals surface area contributed by atoms with Crippen LogP contribution in [-0.4, -0.2) is 46.0 Å². The standard InChI is InChI=1S/C22H16N6O8/c1-12-9-25(11-24-12)14-3-4-18(27(32)33)16(5-14)22(31)36-19-7-15(26-10-23-8-13(26)2)6-17(21(29)30)20(19)28(34)35/h3-11H,1-2H3,(H,29,30). The van der Waals surface area contributed by atoms with Crippen LogP contribution in [0.15, 0.2) is 55.4 Å². The number of hydrogen-bond donors (Lipinski definition) is 1. The Balaban J connectivity index is 1.86. The highest BCUT2D eigenvalue weighted by Gasteiger charge is 2.31. The van der Waals surface area contributed by atoms with Gasteiger partial charge in [-0.2, -0.15) is 0 Å². The molecule has 14 heteroatoms. The number of esters is 1. The zero-order valence-electron chi connectivity index (χ0n) is 18.7. The van der Waals surface area contributed by atoms with E-state index in [9.17, 15) is 34.9 Å². The number of carboxylic acids is 1. The molecule has 0 atom stereocenters. The summed E-state index contributed by atoms with van der Waals surface area (Å²) in [4.78, 5) is 54.5. The highest BCUT2D eigenvalue weighted by atomic mass is 16.6. The van der Waals surface area contributed by atoms with Crippen molar-refractivity contribution >= 4 is 23.3 Å². The molecule has 1 N–H and O–H groups in total. The molecule has 0 spiro atoms. The Morgan fingerprint density at radius 3 is 2.28 bits per heavy atom. The van der Waals surface area contributed by atoms with Gasteiger partial charge in [0.05, 0.1) is 33.9 Å². The fraction of sp³-hybridized carbons (Fsp3) is 0.0909. The third-order valence-electron chi connectivity index (χ3n) is 5.18. The number of aromatic carboxylic acids is 1. The van der Waals surface area contributed by atoms with Crippen LogP contribution in [-0.2, 0) is 0 Å². The van der Waals surface area contributed by atoms with Crippen molar-refractivity contribution in [2.45, 2.75) is 13.8 Å². The van der Waals surface area contributed by atoms with E-state index in [2.05, 4.69) is 9.97 Å². The van der Waals surface area contributed by atoms with Gasteiger partial charge in [0.25, 0.3) is 5.69 Å². The molecule has 0 aliphatic heterocycles. The lowest BCUT2D eigenvalue weighted by molar-refractivity contribution is -0.386. The van der Waals surface area contributed by atoms with Gasteiger partial charge in [0.15, 0.2) is 0 Å². The minimum absolute atomic E-state index is 0.118. The highest BCUT2D eigenvalue weighted by molar-refractivity contribution is 5.99. The van der Waals surface area contributed by atoms with E-state index in [0.29, 0.717) is 17.1 Å². The maximum Gasteiger partial charge on any atom is 0.350 e. The van der Waals surface area contributed by atoms with Gasteiger partial charge in [-0.05, 0) is 32.0 Å². The number of rotatable bonds is 7. The largest absolute Gasteiger partial charge is 0.477 e. The summed E-state index contributed by atoms with van der Waals surface area (Å²) in [5.74, 6) is -3.63. The number of aromatic nitrogens is 4. The lowest BCUT2D eigenvalue weighted by atomic mass is 10.1. The molecule has 0 saturated heterocycles. The van der Waals surface area contributed by atoms with E-state index in [1.807, 2.05) is 0 Å². The van der Waals surface area contributed by atoms with Gasteiger partial charge < -0.3 is 19.0 Å². The first-order valence-corrected chi connectivity index (χ1v) is 10.1. The molecule has 36 heavy (non-hydrogen) atoms. The Morgan fingerprint density at radius 1 is 1.00 bits per heavy atom. The average molecular weight is 492 g/mol. The molecule has 14 nitrogen and oxygen atoms in total. The summed E-state index contributed by atoms with van der Waals surface area (Å²) in [6.07, 6.45) is 5.87. The minimum Gasteiger partial charge on any atom is -0.477 e. The summed E-state index contributed by atoms with van der Waals surface area (Å²) in [5, 5.41) is 32.9. The molecule has 0 aliphatic carbocycles. The SMILES string of the molecule is Cc1cn(-c2ccc([N+](=O)[O-])c(C(=O)Oc3cc(-n4cncc4C)cc(C(=O)O)c3[N+](=O)[O-])c2)cn1. The fourth-order valence-electron chi connectivity index (χ4n) is 3.52. The Morgan fingerprint density at radius 2 is 1.72 bits per heavy atom. The second kappa shape index (κ2) is 9.09. The van der Waals surface area contributed by atoms with Crippen molar-refractivity contribution in [3.05, 3.63) is 98.1 Å². The number of benzene rings is 2. The normalized spacial score (nSPS) is 10.7. The van der Waals surface area contributed by atoms with Gasteiger partial charge in [-0.25, -0.2) is 19.6 Å². The monoisotopic (exact) mass is 492 g/mol. The van der Waals surface area contributed by atoms with Crippen molar-refractivity contribution in [1.82, 2.24) is 19.1 Å². The summed E-state index contributed by atoms with van der Waals surface area (Å²) < 4.78 is 8.19. The van der Waals surface area contributed by atoms with Crippen LogP contribution in [0, 0.1) is 34.1 Å². The predicted octanol–water partition coefficient (Wildman–Crippen LogP) is 3.41. The smallest absolute Gasteiger partial charge is 0.350 e. The van der Waals surface area contributed by atoms with Crippen LogP contribution in [0.25, 0.3) is 11.4 Å². The first-order valence-electron chi connectivity index (χ1n) is 10.1. The molecule has 0 radical (unpaired) electrons. The van der Waals surface area contributed by atoms with Crippen molar-refractivity contribution in [3.63, 3.8) is 0 Å². The van der Waals surface area contributed by atoms with Crippen LogP contribution < -0.4 is 4.74 Å². The molecule has 0 saturated carbocycles. The van der Waals surface area contributed by atoms with E-state index in [1.54, 1.807) is 20.0 Å². The first-order chi connectivity index (χ1) is 17.1. The maximum atomic E-state index is 13.1. The first kappa shape index (κ1) is 23.7. The van der Waals surface area contributed by atoms with Crippen molar-refractivity contribution in [3.8, 4) is 17.1 Å². The number of ether oxygens (including phenoxy) is 1. The number of nitro benzene ring substituents is 2. The van der Waals surface area contributed by atoms with Gasteiger partial charge in [-0.15, -0.1) is 0 Å². The highest BCUT2D eigenvalue weighted by Crippen LogP contribution is 2.36. The summed E-state index contributed by atoms with van der Waals surface area (Å²) in [7, 11) is 0. The molecule has 4 rings (SSSR count). The van der Waals surface area contributed by atoms with Gasteiger partial charge in [0.1, 0.15) is 11.1 Å². The van der Waals surface area contributed by atoms with Gasteiger partial charge in [0, 0.05) is 35.9 Å². The Hall–Kier alpha value is -5.40. The number of imidazole rings is 2. The lowest BCUT2D eigenvalue weighted by Crippen LogP contribution is -2.15. The molecule has 2 heterocycles. The molecular formula is C22H16N6O8. The van der Waals surface area contributed by atoms with E-state index in [0.717, 1.165) is 18.2 Å². The molecule has 0 unspecified atom stereocenters. The summed E-state index contributed by atoms with van der Waals surface area (Å²) >= 11 is 0. The fourth-order valence-corrected chi connectivity index (χ4v) is 3.52. The number of nitro groups is 2. The van der Waals surface area contributed by atoms with Crippen LogP contribution in [0.2, 0.25) is 0 Å². The van der Waals surface area contributed by atoms with Crippen molar-refractivity contribution in [2.24, 2.45) is 0 Å². The number of carbonyl (C=O) groups is 2. The topological polar surface area (TPSA) is 186 Å². The minimum atomic E-state index is -1.64.